The van der Waals surface area contributed by atoms with E-state index in [9.17, 15) is 4.79 Å². The lowest BCUT2D eigenvalue weighted by molar-refractivity contribution is -0.137. The molecule has 0 aliphatic carbocycles. The second kappa shape index (κ2) is 6.79. The molecule has 82 valence electrons. The van der Waals surface area contributed by atoms with E-state index in [0.717, 1.165) is 45.4 Å². The Kier molecular flexibility index (Phi) is 5.56. The smallest absolute Gasteiger partial charge is 0.303 e. The van der Waals surface area contributed by atoms with Crippen LogP contribution in [-0.2, 0) is 9.53 Å². The number of hydrogen-bond donors (Lipinski definition) is 2. The minimum absolute atomic E-state index is 0.283. The molecule has 14 heavy (non-hydrogen) atoms. The molecular weight excluding hydrogens is 182 g/mol. The molecule has 0 bridgehead atoms. The molecule has 4 nitrogen and oxygen atoms in total. The predicted octanol–water partition coefficient (Wildman–Crippen LogP) is 1.01. The van der Waals surface area contributed by atoms with Gasteiger partial charge in [0.05, 0.1) is 6.10 Å². The molecule has 0 amide bonds. The standard InChI is InChI=1S/C10H19NO3/c12-10(13)4-2-1-3-7-14-9-5-6-11-8-9/h9,11H,1-8H2,(H,12,13)/t9-/m1/s1. The first-order valence-corrected chi connectivity index (χ1v) is 5.33. The first-order valence-electron chi connectivity index (χ1n) is 5.33. The average molecular weight is 201 g/mol. The number of hydrogen-bond acceptors (Lipinski definition) is 3. The van der Waals surface area contributed by atoms with Gasteiger partial charge in [-0.05, 0) is 25.8 Å². The fourth-order valence-electron chi connectivity index (χ4n) is 1.58. The molecule has 1 aliphatic rings. The van der Waals surface area contributed by atoms with Gasteiger partial charge in [-0.15, -0.1) is 0 Å². The van der Waals surface area contributed by atoms with Gasteiger partial charge in [-0.25, -0.2) is 0 Å². The number of carboxylic acids is 1. The maximum atomic E-state index is 10.2. The minimum atomic E-state index is -0.703. The highest BCUT2D eigenvalue weighted by Crippen LogP contribution is 2.05. The summed E-state index contributed by atoms with van der Waals surface area (Å²) in [6.07, 6.45) is 4.47. The molecule has 1 heterocycles. The molecule has 0 aromatic carbocycles. The van der Waals surface area contributed by atoms with Gasteiger partial charge in [-0.2, -0.15) is 0 Å². The Balaban J connectivity index is 1.82. The molecule has 0 aromatic rings. The molecule has 0 saturated carbocycles. The summed E-state index contributed by atoms with van der Waals surface area (Å²) in [5.74, 6) is -0.703. The molecule has 1 atom stereocenters. The fraction of sp³-hybridized carbons (Fsp3) is 0.900. The SMILES string of the molecule is O=C(O)CCCCCO[C@@H]1CCNC1. The summed E-state index contributed by atoms with van der Waals surface area (Å²) in [7, 11) is 0. The summed E-state index contributed by atoms with van der Waals surface area (Å²) in [5.41, 5.74) is 0. The Morgan fingerprint density at radius 2 is 2.29 bits per heavy atom. The molecule has 2 N–H and O–H groups in total. The van der Waals surface area contributed by atoms with Crippen molar-refractivity contribution < 1.29 is 14.6 Å². The van der Waals surface area contributed by atoms with Gasteiger partial charge in [0, 0.05) is 19.6 Å². The highest BCUT2D eigenvalue weighted by atomic mass is 16.5. The van der Waals surface area contributed by atoms with Crippen LogP contribution < -0.4 is 5.32 Å². The van der Waals surface area contributed by atoms with Crippen molar-refractivity contribution in [3.8, 4) is 0 Å². The van der Waals surface area contributed by atoms with E-state index in [1.807, 2.05) is 0 Å². The molecule has 0 unspecified atom stereocenters. The van der Waals surface area contributed by atoms with E-state index in [0.29, 0.717) is 6.10 Å². The number of aliphatic carboxylic acids is 1. The second-order valence-electron chi connectivity index (χ2n) is 3.69. The highest BCUT2D eigenvalue weighted by molar-refractivity contribution is 5.66. The average Bonchev–Trinajstić information content (AvgIpc) is 2.63. The largest absolute Gasteiger partial charge is 0.481 e. The van der Waals surface area contributed by atoms with Gasteiger partial charge in [-0.3, -0.25) is 4.79 Å². The van der Waals surface area contributed by atoms with Crippen molar-refractivity contribution in [3.63, 3.8) is 0 Å². The van der Waals surface area contributed by atoms with Gasteiger partial charge in [0.1, 0.15) is 0 Å². The highest BCUT2D eigenvalue weighted by Gasteiger charge is 2.13. The lowest BCUT2D eigenvalue weighted by Crippen LogP contribution is -2.17. The zero-order valence-electron chi connectivity index (χ0n) is 8.50. The molecule has 0 spiro atoms. The summed E-state index contributed by atoms with van der Waals surface area (Å²) >= 11 is 0. The van der Waals surface area contributed by atoms with Crippen molar-refractivity contribution in [2.75, 3.05) is 19.7 Å². The molecule has 4 heteroatoms. The van der Waals surface area contributed by atoms with Crippen LogP contribution in [0.1, 0.15) is 32.1 Å². The quantitative estimate of drug-likeness (QED) is 0.603. The third-order valence-electron chi connectivity index (χ3n) is 2.40. The number of rotatable bonds is 7. The third kappa shape index (κ3) is 5.19. The predicted molar refractivity (Wildman–Crippen MR) is 53.3 cm³/mol. The molecular formula is C10H19NO3. The Bertz CT molecular complexity index is 167. The van der Waals surface area contributed by atoms with Crippen LogP contribution in [0.3, 0.4) is 0 Å². The Labute approximate surface area is 84.6 Å². The van der Waals surface area contributed by atoms with Crippen molar-refractivity contribution in [2.45, 2.75) is 38.2 Å². The van der Waals surface area contributed by atoms with Gasteiger partial charge < -0.3 is 15.2 Å². The van der Waals surface area contributed by atoms with Crippen molar-refractivity contribution >= 4 is 5.97 Å². The second-order valence-corrected chi connectivity index (χ2v) is 3.69. The number of ether oxygens (including phenoxy) is 1. The molecule has 1 aliphatic heterocycles. The Hall–Kier alpha value is -0.610. The van der Waals surface area contributed by atoms with Gasteiger partial charge in [-0.1, -0.05) is 6.42 Å². The van der Waals surface area contributed by atoms with Crippen LogP contribution in [0, 0.1) is 0 Å². The molecule has 1 rings (SSSR count). The normalized spacial score (nSPS) is 21.3. The van der Waals surface area contributed by atoms with Crippen LogP contribution in [0.2, 0.25) is 0 Å². The zero-order chi connectivity index (χ0) is 10.2. The van der Waals surface area contributed by atoms with Crippen molar-refractivity contribution in [3.05, 3.63) is 0 Å². The lowest BCUT2D eigenvalue weighted by Gasteiger charge is -2.09. The van der Waals surface area contributed by atoms with E-state index in [1.54, 1.807) is 0 Å². The Morgan fingerprint density at radius 3 is 2.93 bits per heavy atom. The van der Waals surface area contributed by atoms with E-state index in [4.69, 9.17) is 9.84 Å². The Morgan fingerprint density at radius 1 is 1.43 bits per heavy atom. The van der Waals surface area contributed by atoms with Crippen LogP contribution >= 0.6 is 0 Å². The summed E-state index contributed by atoms with van der Waals surface area (Å²) in [6, 6.07) is 0. The maximum absolute atomic E-state index is 10.2. The van der Waals surface area contributed by atoms with Crippen LogP contribution in [0.15, 0.2) is 0 Å². The minimum Gasteiger partial charge on any atom is -0.481 e. The maximum Gasteiger partial charge on any atom is 0.303 e. The molecule has 1 fully saturated rings. The van der Waals surface area contributed by atoms with E-state index >= 15 is 0 Å². The van der Waals surface area contributed by atoms with E-state index in [-0.39, 0.29) is 6.42 Å². The summed E-state index contributed by atoms with van der Waals surface area (Å²) in [6.45, 7) is 2.80. The first kappa shape index (κ1) is 11.5. The molecule has 0 radical (unpaired) electrons. The van der Waals surface area contributed by atoms with Gasteiger partial charge in [0.15, 0.2) is 0 Å². The van der Waals surface area contributed by atoms with Crippen molar-refractivity contribution in [1.82, 2.24) is 5.32 Å². The van der Waals surface area contributed by atoms with Crippen LogP contribution in [0.4, 0.5) is 0 Å². The monoisotopic (exact) mass is 201 g/mol. The van der Waals surface area contributed by atoms with Gasteiger partial charge in [0.2, 0.25) is 0 Å². The van der Waals surface area contributed by atoms with Crippen LogP contribution in [0.5, 0.6) is 0 Å². The van der Waals surface area contributed by atoms with E-state index in [1.165, 1.54) is 0 Å². The van der Waals surface area contributed by atoms with Crippen LogP contribution in [-0.4, -0.2) is 36.9 Å². The number of unbranched alkanes of at least 4 members (excludes halogenated alkanes) is 2. The molecule has 1 saturated heterocycles. The fourth-order valence-corrected chi connectivity index (χ4v) is 1.58. The summed E-state index contributed by atoms with van der Waals surface area (Å²) in [5, 5.41) is 11.6. The van der Waals surface area contributed by atoms with Crippen LogP contribution in [0.25, 0.3) is 0 Å². The van der Waals surface area contributed by atoms with Gasteiger partial charge in [0.25, 0.3) is 0 Å². The number of nitrogens with one attached hydrogen (secondary N) is 1. The van der Waals surface area contributed by atoms with E-state index < -0.39 is 5.97 Å². The molecule has 0 aromatic heterocycles. The zero-order valence-corrected chi connectivity index (χ0v) is 8.50. The summed E-state index contributed by atoms with van der Waals surface area (Å²) < 4.78 is 5.60. The summed E-state index contributed by atoms with van der Waals surface area (Å²) in [4.78, 5) is 10.2. The third-order valence-corrected chi connectivity index (χ3v) is 2.40. The van der Waals surface area contributed by atoms with Crippen molar-refractivity contribution in [2.24, 2.45) is 0 Å². The van der Waals surface area contributed by atoms with Gasteiger partial charge >= 0.3 is 5.97 Å². The number of carbonyl (C=O) groups is 1. The number of carboxylic acid groups (broad SMARTS) is 1. The first-order chi connectivity index (χ1) is 6.79. The topological polar surface area (TPSA) is 58.6 Å². The van der Waals surface area contributed by atoms with E-state index in [2.05, 4.69) is 5.32 Å². The lowest BCUT2D eigenvalue weighted by atomic mass is 10.2. The van der Waals surface area contributed by atoms with Crippen molar-refractivity contribution in [1.29, 1.82) is 0 Å².